The molecule has 1 aromatic rings. The van der Waals surface area contributed by atoms with Crippen LogP contribution in [-0.2, 0) is 12.6 Å². The standard InChI is InChI=1S/C10H11ClF3NO.ClH/c11-9-2-1-7(10(12,13)14)3-6(9)4-8(15)5-16;/h1-3,8,16H,4-5,15H2;1H. The monoisotopic (exact) mass is 289 g/mol. The number of aliphatic hydroxyl groups excluding tert-OH is 1. The van der Waals surface area contributed by atoms with Gasteiger partial charge < -0.3 is 10.8 Å². The summed E-state index contributed by atoms with van der Waals surface area (Å²) in [4.78, 5) is 0. The van der Waals surface area contributed by atoms with Crippen LogP contribution in [0.25, 0.3) is 0 Å². The van der Waals surface area contributed by atoms with Crippen LogP contribution < -0.4 is 5.73 Å². The second-order valence-corrected chi connectivity index (χ2v) is 3.86. The quantitative estimate of drug-likeness (QED) is 0.899. The molecule has 1 rings (SSSR count). The highest BCUT2D eigenvalue weighted by atomic mass is 35.5. The molecule has 0 amide bonds. The van der Waals surface area contributed by atoms with Gasteiger partial charge in [0.25, 0.3) is 0 Å². The number of hydrogen-bond acceptors (Lipinski definition) is 2. The van der Waals surface area contributed by atoms with Crippen LogP contribution in [0.4, 0.5) is 13.2 Å². The van der Waals surface area contributed by atoms with Crippen LogP contribution in [0.2, 0.25) is 5.02 Å². The molecule has 0 aliphatic heterocycles. The molecule has 0 heterocycles. The van der Waals surface area contributed by atoms with E-state index in [9.17, 15) is 13.2 Å². The van der Waals surface area contributed by atoms with Gasteiger partial charge in [0.1, 0.15) is 0 Å². The molecule has 7 heteroatoms. The summed E-state index contributed by atoms with van der Waals surface area (Å²) in [5.41, 5.74) is 4.97. The zero-order chi connectivity index (χ0) is 12.3. The molecule has 0 saturated carbocycles. The highest BCUT2D eigenvalue weighted by Crippen LogP contribution is 2.32. The van der Waals surface area contributed by atoms with Gasteiger partial charge >= 0.3 is 6.18 Å². The second kappa shape index (κ2) is 6.44. The van der Waals surface area contributed by atoms with Gasteiger partial charge in [-0.1, -0.05) is 11.6 Å². The normalized spacial score (nSPS) is 13.1. The molecule has 2 nitrogen and oxygen atoms in total. The average molecular weight is 290 g/mol. The SMILES string of the molecule is Cl.NC(CO)Cc1cc(C(F)(F)F)ccc1Cl. The zero-order valence-electron chi connectivity index (χ0n) is 8.67. The van der Waals surface area contributed by atoms with Crippen molar-refractivity contribution in [1.29, 1.82) is 0 Å². The minimum Gasteiger partial charge on any atom is -0.395 e. The minimum absolute atomic E-state index is 0. The predicted octanol–water partition coefficient (Wildman–Crippen LogP) is 2.64. The fourth-order valence-corrected chi connectivity index (χ4v) is 1.45. The third-order valence-electron chi connectivity index (χ3n) is 2.09. The first-order valence-corrected chi connectivity index (χ1v) is 4.94. The van der Waals surface area contributed by atoms with E-state index in [0.717, 1.165) is 12.1 Å². The van der Waals surface area contributed by atoms with Crippen molar-refractivity contribution in [2.24, 2.45) is 5.73 Å². The number of rotatable bonds is 3. The van der Waals surface area contributed by atoms with Gasteiger partial charge in [-0.2, -0.15) is 13.2 Å². The lowest BCUT2D eigenvalue weighted by molar-refractivity contribution is -0.137. The van der Waals surface area contributed by atoms with Crippen LogP contribution in [-0.4, -0.2) is 17.8 Å². The minimum atomic E-state index is -4.40. The molecule has 98 valence electrons. The molecule has 0 aromatic heterocycles. The Morgan fingerprint density at radius 2 is 1.94 bits per heavy atom. The van der Waals surface area contributed by atoms with Gasteiger partial charge in [0, 0.05) is 11.1 Å². The highest BCUT2D eigenvalue weighted by Gasteiger charge is 2.30. The summed E-state index contributed by atoms with van der Waals surface area (Å²) in [6, 6.07) is 2.44. The van der Waals surface area contributed by atoms with Crippen molar-refractivity contribution in [1.82, 2.24) is 0 Å². The Labute approximate surface area is 108 Å². The molecule has 0 saturated heterocycles. The number of alkyl halides is 3. The summed E-state index contributed by atoms with van der Waals surface area (Å²) >= 11 is 5.74. The lowest BCUT2D eigenvalue weighted by Gasteiger charge is -2.13. The molecular weight excluding hydrogens is 278 g/mol. The molecule has 0 radical (unpaired) electrons. The number of aliphatic hydroxyl groups is 1. The van der Waals surface area contributed by atoms with Crippen molar-refractivity contribution >= 4 is 24.0 Å². The van der Waals surface area contributed by atoms with Crippen LogP contribution >= 0.6 is 24.0 Å². The van der Waals surface area contributed by atoms with Gasteiger partial charge in [0.05, 0.1) is 12.2 Å². The van der Waals surface area contributed by atoms with Crippen molar-refractivity contribution in [2.75, 3.05) is 6.61 Å². The first kappa shape index (κ1) is 16.5. The molecule has 0 bridgehead atoms. The van der Waals surface area contributed by atoms with Crippen LogP contribution in [0.3, 0.4) is 0 Å². The maximum absolute atomic E-state index is 12.4. The van der Waals surface area contributed by atoms with Crippen LogP contribution in [0.5, 0.6) is 0 Å². The molecular formula is C10H12Cl2F3NO. The van der Waals surface area contributed by atoms with E-state index in [4.69, 9.17) is 22.4 Å². The van der Waals surface area contributed by atoms with Gasteiger partial charge in [-0.15, -0.1) is 12.4 Å². The summed E-state index contributed by atoms with van der Waals surface area (Å²) < 4.78 is 37.2. The Hall–Kier alpha value is -0.490. The van der Waals surface area contributed by atoms with E-state index < -0.39 is 17.8 Å². The summed E-state index contributed by atoms with van der Waals surface area (Å²) in [7, 11) is 0. The fraction of sp³-hybridized carbons (Fsp3) is 0.400. The molecule has 0 spiro atoms. The van der Waals surface area contributed by atoms with Gasteiger partial charge in [-0.05, 0) is 30.2 Å². The Bertz CT molecular complexity index is 371. The van der Waals surface area contributed by atoms with Gasteiger partial charge in [-0.25, -0.2) is 0 Å². The van der Waals surface area contributed by atoms with E-state index in [1.54, 1.807) is 0 Å². The lowest BCUT2D eigenvalue weighted by Crippen LogP contribution is -2.27. The summed E-state index contributed by atoms with van der Waals surface area (Å²) in [6.07, 6.45) is -4.29. The number of benzene rings is 1. The molecule has 1 aromatic carbocycles. The third-order valence-corrected chi connectivity index (χ3v) is 2.46. The van der Waals surface area contributed by atoms with E-state index in [2.05, 4.69) is 0 Å². The van der Waals surface area contributed by atoms with Crippen molar-refractivity contribution < 1.29 is 18.3 Å². The number of nitrogens with two attached hydrogens (primary N) is 1. The summed E-state index contributed by atoms with van der Waals surface area (Å²) in [6.45, 7) is -0.299. The first-order chi connectivity index (χ1) is 7.34. The molecule has 1 atom stereocenters. The Balaban J connectivity index is 0.00000256. The Morgan fingerprint density at radius 1 is 1.35 bits per heavy atom. The van der Waals surface area contributed by atoms with E-state index >= 15 is 0 Å². The van der Waals surface area contributed by atoms with Crippen LogP contribution in [0.1, 0.15) is 11.1 Å². The molecule has 0 aliphatic carbocycles. The highest BCUT2D eigenvalue weighted by molar-refractivity contribution is 6.31. The van der Waals surface area contributed by atoms with Crippen molar-refractivity contribution in [3.63, 3.8) is 0 Å². The lowest BCUT2D eigenvalue weighted by atomic mass is 10.0. The molecule has 0 aliphatic rings. The van der Waals surface area contributed by atoms with Crippen LogP contribution in [0, 0.1) is 0 Å². The maximum atomic E-state index is 12.4. The van der Waals surface area contributed by atoms with E-state index in [-0.39, 0.29) is 36.0 Å². The maximum Gasteiger partial charge on any atom is 0.416 e. The predicted molar refractivity (Wildman–Crippen MR) is 62.5 cm³/mol. The van der Waals surface area contributed by atoms with Crippen molar-refractivity contribution in [2.45, 2.75) is 18.6 Å². The molecule has 3 N–H and O–H groups in total. The van der Waals surface area contributed by atoms with Crippen molar-refractivity contribution in [3.8, 4) is 0 Å². The molecule has 17 heavy (non-hydrogen) atoms. The topological polar surface area (TPSA) is 46.2 Å². The molecule has 1 unspecified atom stereocenters. The van der Waals surface area contributed by atoms with E-state index in [0.29, 0.717) is 0 Å². The van der Waals surface area contributed by atoms with Crippen LogP contribution in [0.15, 0.2) is 18.2 Å². The van der Waals surface area contributed by atoms with Crippen molar-refractivity contribution in [3.05, 3.63) is 34.3 Å². The third kappa shape index (κ3) is 4.71. The Morgan fingerprint density at radius 3 is 2.41 bits per heavy atom. The first-order valence-electron chi connectivity index (χ1n) is 4.56. The summed E-state index contributed by atoms with van der Waals surface area (Å²) in [5.74, 6) is 0. The Kier molecular flexibility index (Phi) is 6.26. The average Bonchev–Trinajstić information content (AvgIpc) is 2.19. The van der Waals surface area contributed by atoms with E-state index in [1.165, 1.54) is 6.07 Å². The van der Waals surface area contributed by atoms with Gasteiger partial charge in [0.15, 0.2) is 0 Å². The van der Waals surface area contributed by atoms with E-state index in [1.807, 2.05) is 0 Å². The second-order valence-electron chi connectivity index (χ2n) is 3.45. The number of hydrogen-bond donors (Lipinski definition) is 2. The largest absolute Gasteiger partial charge is 0.416 e. The van der Waals surface area contributed by atoms with Gasteiger partial charge in [0.2, 0.25) is 0 Å². The summed E-state index contributed by atoms with van der Waals surface area (Å²) in [5, 5.41) is 8.95. The smallest absolute Gasteiger partial charge is 0.395 e. The van der Waals surface area contributed by atoms with Gasteiger partial charge in [-0.3, -0.25) is 0 Å². The fourth-order valence-electron chi connectivity index (χ4n) is 1.25. The molecule has 0 fully saturated rings. The zero-order valence-corrected chi connectivity index (χ0v) is 10.2. The number of halogens is 5.